The molecule has 0 aromatic heterocycles. The summed E-state index contributed by atoms with van der Waals surface area (Å²) in [6.07, 6.45) is 13.8. The molecule has 22 heavy (non-hydrogen) atoms. The highest BCUT2D eigenvalue weighted by Crippen LogP contribution is 2.20. The number of nitrogens with zero attached hydrogens (tertiary/aromatic N) is 1. The zero-order valence-electron chi connectivity index (χ0n) is 14.8. The minimum atomic E-state index is 1.11. The van der Waals surface area contributed by atoms with Gasteiger partial charge in [-0.2, -0.15) is 0 Å². The molecule has 1 aromatic carbocycles. The zero-order valence-corrected chi connectivity index (χ0v) is 14.8. The van der Waals surface area contributed by atoms with Crippen molar-refractivity contribution in [1.29, 1.82) is 0 Å². The van der Waals surface area contributed by atoms with E-state index in [1.165, 1.54) is 74.8 Å². The molecule has 1 aliphatic heterocycles. The second-order valence-corrected chi connectivity index (χ2v) is 6.79. The van der Waals surface area contributed by atoms with Crippen LogP contribution in [0.1, 0.15) is 67.7 Å². The second-order valence-electron chi connectivity index (χ2n) is 6.79. The molecule has 1 heterocycles. The van der Waals surface area contributed by atoms with Gasteiger partial charge in [-0.25, -0.2) is 0 Å². The minimum absolute atomic E-state index is 1.11. The smallest absolute Gasteiger partial charge is 0.00186 e. The van der Waals surface area contributed by atoms with Gasteiger partial charge in [-0.3, -0.25) is 0 Å². The van der Waals surface area contributed by atoms with Crippen molar-refractivity contribution >= 4 is 6.08 Å². The monoisotopic (exact) mass is 299 g/mol. The molecule has 0 unspecified atom stereocenters. The third-order valence-electron chi connectivity index (χ3n) is 4.96. The Balaban J connectivity index is 1.85. The Morgan fingerprint density at radius 1 is 1.05 bits per heavy atom. The molecule has 0 aliphatic carbocycles. The summed E-state index contributed by atoms with van der Waals surface area (Å²) in [6, 6.07) is 4.72. The van der Waals surface area contributed by atoms with E-state index in [2.05, 4.69) is 50.0 Å². The minimum Gasteiger partial charge on any atom is -0.303 e. The number of hydrogen-bond donors (Lipinski definition) is 0. The number of aryl methyl sites for hydroxylation is 2. The van der Waals surface area contributed by atoms with Crippen LogP contribution in [-0.2, 0) is 6.42 Å². The predicted octanol–water partition coefficient (Wildman–Crippen LogP) is 5.54. The molecule has 0 saturated carbocycles. The number of benzene rings is 1. The van der Waals surface area contributed by atoms with Crippen molar-refractivity contribution < 1.29 is 0 Å². The van der Waals surface area contributed by atoms with Gasteiger partial charge >= 0.3 is 0 Å². The maximum Gasteiger partial charge on any atom is -0.00186 e. The van der Waals surface area contributed by atoms with Gasteiger partial charge in [-0.1, -0.05) is 37.6 Å². The third-order valence-corrected chi connectivity index (χ3v) is 4.96. The van der Waals surface area contributed by atoms with Crippen LogP contribution in [0.25, 0.3) is 6.08 Å². The molecule has 0 amide bonds. The number of piperidine rings is 1. The van der Waals surface area contributed by atoms with Gasteiger partial charge < -0.3 is 4.90 Å². The molecule has 0 spiro atoms. The van der Waals surface area contributed by atoms with Gasteiger partial charge in [-0.05, 0) is 94.3 Å². The summed E-state index contributed by atoms with van der Waals surface area (Å²) < 4.78 is 0. The van der Waals surface area contributed by atoms with Crippen molar-refractivity contribution in [2.24, 2.45) is 0 Å². The number of rotatable bonds is 7. The fraction of sp³-hybridized carbons (Fsp3) is 0.619. The summed E-state index contributed by atoms with van der Waals surface area (Å²) in [6.45, 7) is 10.7. The van der Waals surface area contributed by atoms with Crippen molar-refractivity contribution in [3.05, 3.63) is 40.5 Å². The SMILES string of the molecule is CC/C=C/c1cc(C)c(C)c(CCCCN2CCCCC2)c1. The van der Waals surface area contributed by atoms with Crippen molar-refractivity contribution in [3.8, 4) is 0 Å². The Kier molecular flexibility index (Phi) is 7.18. The summed E-state index contributed by atoms with van der Waals surface area (Å²) in [5.74, 6) is 0. The van der Waals surface area contributed by atoms with Gasteiger partial charge in [-0.15, -0.1) is 0 Å². The van der Waals surface area contributed by atoms with E-state index in [4.69, 9.17) is 0 Å². The number of likely N-dealkylation sites (tertiary alicyclic amines) is 1. The molecule has 0 radical (unpaired) electrons. The molecule has 1 nitrogen and oxygen atoms in total. The second kappa shape index (κ2) is 9.15. The van der Waals surface area contributed by atoms with Crippen LogP contribution in [0.3, 0.4) is 0 Å². The molecule has 0 bridgehead atoms. The summed E-state index contributed by atoms with van der Waals surface area (Å²) in [7, 11) is 0. The van der Waals surface area contributed by atoms with Crippen molar-refractivity contribution in [3.63, 3.8) is 0 Å². The van der Waals surface area contributed by atoms with E-state index in [1.807, 2.05) is 0 Å². The molecule has 1 heteroatoms. The van der Waals surface area contributed by atoms with Gasteiger partial charge in [0, 0.05) is 0 Å². The maximum absolute atomic E-state index is 2.65. The molecule has 2 rings (SSSR count). The lowest BCUT2D eigenvalue weighted by molar-refractivity contribution is 0.225. The van der Waals surface area contributed by atoms with E-state index in [9.17, 15) is 0 Å². The highest BCUT2D eigenvalue weighted by molar-refractivity contribution is 5.54. The summed E-state index contributed by atoms with van der Waals surface area (Å²) in [5.41, 5.74) is 5.85. The first kappa shape index (κ1) is 17.3. The fourth-order valence-corrected chi connectivity index (χ4v) is 3.41. The standard InChI is InChI=1S/C21H33N/c1-4-5-11-20-16-18(2)19(3)21(17-20)12-7-10-15-22-13-8-6-9-14-22/h5,11,16-17H,4,6-10,12-15H2,1-3H3/b11-5+. The number of unbranched alkanes of at least 4 members (excludes halogenated alkanes) is 1. The predicted molar refractivity (Wildman–Crippen MR) is 98.5 cm³/mol. The van der Waals surface area contributed by atoms with Gasteiger partial charge in [0.15, 0.2) is 0 Å². The van der Waals surface area contributed by atoms with Crippen LogP contribution >= 0.6 is 0 Å². The Morgan fingerprint density at radius 3 is 2.55 bits per heavy atom. The Hall–Kier alpha value is -1.08. The number of allylic oxidation sites excluding steroid dienone is 1. The van der Waals surface area contributed by atoms with Gasteiger partial charge in [0.1, 0.15) is 0 Å². The van der Waals surface area contributed by atoms with Crippen molar-refractivity contribution in [2.75, 3.05) is 19.6 Å². The normalized spacial score (nSPS) is 16.5. The molecule has 1 aliphatic rings. The Labute approximate surface area is 137 Å². The van der Waals surface area contributed by atoms with Crippen molar-refractivity contribution in [2.45, 2.75) is 65.7 Å². The molecular formula is C21H33N. The number of hydrogen-bond acceptors (Lipinski definition) is 1. The molecule has 1 saturated heterocycles. The first-order valence-corrected chi connectivity index (χ1v) is 9.19. The average molecular weight is 300 g/mol. The Morgan fingerprint density at radius 2 is 1.82 bits per heavy atom. The van der Waals surface area contributed by atoms with Gasteiger partial charge in [0.25, 0.3) is 0 Å². The van der Waals surface area contributed by atoms with E-state index < -0.39 is 0 Å². The van der Waals surface area contributed by atoms with Crippen LogP contribution in [-0.4, -0.2) is 24.5 Å². The summed E-state index contributed by atoms with van der Waals surface area (Å²) >= 11 is 0. The van der Waals surface area contributed by atoms with Crippen LogP contribution in [0.4, 0.5) is 0 Å². The molecule has 122 valence electrons. The highest BCUT2D eigenvalue weighted by atomic mass is 15.1. The quantitative estimate of drug-likeness (QED) is 0.598. The molecule has 0 N–H and O–H groups in total. The fourth-order valence-electron chi connectivity index (χ4n) is 3.41. The summed E-state index contributed by atoms with van der Waals surface area (Å²) in [4.78, 5) is 2.65. The van der Waals surface area contributed by atoms with E-state index >= 15 is 0 Å². The van der Waals surface area contributed by atoms with E-state index in [1.54, 1.807) is 5.56 Å². The lowest BCUT2D eigenvalue weighted by Crippen LogP contribution is -2.30. The van der Waals surface area contributed by atoms with Crippen molar-refractivity contribution in [1.82, 2.24) is 4.90 Å². The lowest BCUT2D eigenvalue weighted by Gasteiger charge is -2.26. The average Bonchev–Trinajstić information content (AvgIpc) is 2.54. The molecular weight excluding hydrogens is 266 g/mol. The molecule has 0 atom stereocenters. The van der Waals surface area contributed by atoms with Crippen LogP contribution in [0.15, 0.2) is 18.2 Å². The van der Waals surface area contributed by atoms with Crippen LogP contribution < -0.4 is 0 Å². The topological polar surface area (TPSA) is 3.24 Å². The largest absolute Gasteiger partial charge is 0.303 e. The lowest BCUT2D eigenvalue weighted by atomic mass is 9.95. The first-order valence-electron chi connectivity index (χ1n) is 9.19. The van der Waals surface area contributed by atoms with E-state index in [0.29, 0.717) is 0 Å². The molecule has 1 fully saturated rings. The zero-order chi connectivity index (χ0) is 15.8. The van der Waals surface area contributed by atoms with Gasteiger partial charge in [0.05, 0.1) is 0 Å². The molecule has 1 aromatic rings. The first-order chi connectivity index (χ1) is 10.7. The van der Waals surface area contributed by atoms with Crippen LogP contribution in [0.5, 0.6) is 0 Å². The van der Waals surface area contributed by atoms with Gasteiger partial charge in [0.2, 0.25) is 0 Å². The Bertz CT molecular complexity index is 481. The van der Waals surface area contributed by atoms with Crippen LogP contribution in [0.2, 0.25) is 0 Å². The van der Waals surface area contributed by atoms with E-state index in [-0.39, 0.29) is 0 Å². The van der Waals surface area contributed by atoms with Crippen LogP contribution in [0, 0.1) is 13.8 Å². The third kappa shape index (κ3) is 5.28. The van der Waals surface area contributed by atoms with E-state index in [0.717, 1.165) is 6.42 Å². The highest BCUT2D eigenvalue weighted by Gasteiger charge is 2.09. The summed E-state index contributed by atoms with van der Waals surface area (Å²) in [5, 5.41) is 0. The maximum atomic E-state index is 2.65.